The van der Waals surface area contributed by atoms with Gasteiger partial charge < -0.3 is 14.1 Å². The number of hydrogen-bond acceptors (Lipinski definition) is 6. The Morgan fingerprint density at radius 1 is 1.13 bits per heavy atom. The highest BCUT2D eigenvalue weighted by atomic mass is 79.9. The van der Waals surface area contributed by atoms with E-state index >= 15 is 0 Å². The molecule has 1 aliphatic heterocycles. The summed E-state index contributed by atoms with van der Waals surface area (Å²) in [5.41, 5.74) is 1.12. The molecule has 7 nitrogen and oxygen atoms in total. The van der Waals surface area contributed by atoms with Crippen molar-refractivity contribution in [2.24, 2.45) is 0 Å². The van der Waals surface area contributed by atoms with Gasteiger partial charge in [-0.1, -0.05) is 42.1 Å². The van der Waals surface area contributed by atoms with Crippen molar-refractivity contribution in [3.8, 4) is 11.6 Å². The SMILES string of the molecule is CC1CN(C(=O)CSc2nnc(-c3ccc(Br)o3)n2Cc2ccccc2)CC(C)O1. The molecule has 158 valence electrons. The van der Waals surface area contributed by atoms with Gasteiger partial charge in [-0.2, -0.15) is 0 Å². The first kappa shape index (κ1) is 21.1. The molecular weight excluding hydrogens is 468 g/mol. The molecule has 1 aliphatic rings. The molecule has 2 atom stereocenters. The predicted molar refractivity (Wildman–Crippen MR) is 118 cm³/mol. The standard InChI is InChI=1S/C21H23BrN4O3S/c1-14-10-25(11-15(2)28-14)19(27)13-30-21-24-23-20(17-8-9-18(22)29-17)26(21)12-16-6-4-3-5-7-16/h3-9,14-15H,10-13H2,1-2H3. The van der Waals surface area contributed by atoms with Crippen molar-refractivity contribution in [3.63, 3.8) is 0 Å². The molecule has 1 saturated heterocycles. The average Bonchev–Trinajstić information content (AvgIpc) is 3.32. The summed E-state index contributed by atoms with van der Waals surface area (Å²) in [6.07, 6.45) is 0.0990. The van der Waals surface area contributed by atoms with Crippen molar-refractivity contribution >= 4 is 33.6 Å². The fourth-order valence-corrected chi connectivity index (χ4v) is 4.67. The zero-order chi connectivity index (χ0) is 21.1. The average molecular weight is 491 g/mol. The molecule has 0 N–H and O–H groups in total. The maximum Gasteiger partial charge on any atom is 0.233 e. The van der Waals surface area contributed by atoms with Crippen LogP contribution < -0.4 is 0 Å². The van der Waals surface area contributed by atoms with Crippen LogP contribution in [-0.2, 0) is 16.1 Å². The fraction of sp³-hybridized carbons (Fsp3) is 0.381. The molecule has 9 heteroatoms. The zero-order valence-corrected chi connectivity index (χ0v) is 19.2. The summed E-state index contributed by atoms with van der Waals surface area (Å²) in [6.45, 7) is 5.81. The lowest BCUT2D eigenvalue weighted by Crippen LogP contribution is -2.48. The van der Waals surface area contributed by atoms with Crippen LogP contribution >= 0.6 is 27.7 Å². The molecule has 1 fully saturated rings. The van der Waals surface area contributed by atoms with E-state index in [-0.39, 0.29) is 18.1 Å². The second kappa shape index (κ2) is 9.36. The highest BCUT2D eigenvalue weighted by Gasteiger charge is 2.26. The maximum atomic E-state index is 12.8. The van der Waals surface area contributed by atoms with E-state index in [1.165, 1.54) is 11.8 Å². The minimum absolute atomic E-state index is 0.0495. The van der Waals surface area contributed by atoms with Gasteiger partial charge in [0.1, 0.15) is 0 Å². The van der Waals surface area contributed by atoms with Crippen molar-refractivity contribution in [1.29, 1.82) is 0 Å². The monoisotopic (exact) mass is 490 g/mol. The van der Waals surface area contributed by atoms with Crippen molar-refractivity contribution in [1.82, 2.24) is 19.7 Å². The Bertz CT molecular complexity index is 997. The van der Waals surface area contributed by atoms with E-state index in [1.807, 2.05) is 53.6 Å². The summed E-state index contributed by atoms with van der Waals surface area (Å²) in [5.74, 6) is 1.64. The third-order valence-corrected chi connectivity index (χ3v) is 6.17. The van der Waals surface area contributed by atoms with Gasteiger partial charge in [0.05, 0.1) is 24.5 Å². The van der Waals surface area contributed by atoms with Gasteiger partial charge in [0.2, 0.25) is 11.7 Å². The predicted octanol–water partition coefficient (Wildman–Crippen LogP) is 4.08. The minimum Gasteiger partial charge on any atom is -0.446 e. The molecule has 2 aromatic heterocycles. The number of aromatic nitrogens is 3. The Morgan fingerprint density at radius 2 is 1.87 bits per heavy atom. The summed E-state index contributed by atoms with van der Waals surface area (Å²) < 4.78 is 14.0. The Labute approximate surface area is 187 Å². The summed E-state index contributed by atoms with van der Waals surface area (Å²) in [4.78, 5) is 14.6. The van der Waals surface area contributed by atoms with Gasteiger partial charge in [-0.15, -0.1) is 10.2 Å². The number of halogens is 1. The Hall–Kier alpha value is -2.10. The topological polar surface area (TPSA) is 73.4 Å². The summed E-state index contributed by atoms with van der Waals surface area (Å²) in [7, 11) is 0. The summed E-state index contributed by atoms with van der Waals surface area (Å²) in [5, 5.41) is 9.38. The largest absolute Gasteiger partial charge is 0.446 e. The molecule has 1 aromatic carbocycles. The van der Waals surface area contributed by atoms with Gasteiger partial charge in [0, 0.05) is 13.1 Å². The summed E-state index contributed by atoms with van der Waals surface area (Å²) >= 11 is 4.74. The molecule has 0 spiro atoms. The lowest BCUT2D eigenvalue weighted by molar-refractivity contribution is -0.140. The molecule has 0 radical (unpaired) electrons. The van der Waals surface area contributed by atoms with Gasteiger partial charge >= 0.3 is 0 Å². The van der Waals surface area contributed by atoms with Crippen molar-refractivity contribution in [2.45, 2.75) is 37.8 Å². The number of thioether (sulfide) groups is 1. The number of carbonyl (C=O) groups is 1. The molecule has 2 unspecified atom stereocenters. The van der Waals surface area contributed by atoms with Gasteiger partial charge in [-0.3, -0.25) is 9.36 Å². The number of furan rings is 1. The normalized spacial score (nSPS) is 19.2. The third kappa shape index (κ3) is 4.96. The number of nitrogens with zero attached hydrogens (tertiary/aromatic N) is 4. The summed E-state index contributed by atoms with van der Waals surface area (Å²) in [6, 6.07) is 13.8. The van der Waals surface area contributed by atoms with E-state index in [0.717, 1.165) is 5.56 Å². The van der Waals surface area contributed by atoms with Gasteiger partial charge in [0.15, 0.2) is 15.6 Å². The fourth-order valence-electron chi connectivity index (χ4n) is 3.52. The van der Waals surface area contributed by atoms with E-state index < -0.39 is 0 Å². The number of carbonyl (C=O) groups excluding carboxylic acids is 1. The Balaban J connectivity index is 1.53. The second-order valence-corrected chi connectivity index (χ2v) is 9.05. The first-order valence-electron chi connectivity index (χ1n) is 9.78. The molecule has 3 heterocycles. The van der Waals surface area contributed by atoms with Crippen LogP contribution in [-0.4, -0.2) is 56.6 Å². The second-order valence-electron chi connectivity index (χ2n) is 7.33. The number of rotatable bonds is 6. The van der Waals surface area contributed by atoms with Crippen LogP contribution in [0.3, 0.4) is 0 Å². The van der Waals surface area contributed by atoms with Crippen LogP contribution in [0.25, 0.3) is 11.6 Å². The molecule has 30 heavy (non-hydrogen) atoms. The first-order chi connectivity index (χ1) is 14.5. The maximum absolute atomic E-state index is 12.8. The zero-order valence-electron chi connectivity index (χ0n) is 16.8. The van der Waals surface area contributed by atoms with E-state index in [9.17, 15) is 4.79 Å². The van der Waals surface area contributed by atoms with Crippen LogP contribution in [0.2, 0.25) is 0 Å². The molecule has 1 amide bonds. The van der Waals surface area contributed by atoms with Gasteiger partial charge in [-0.05, 0) is 47.5 Å². The van der Waals surface area contributed by atoms with Crippen LogP contribution in [0.5, 0.6) is 0 Å². The lowest BCUT2D eigenvalue weighted by atomic mass is 10.2. The van der Waals surface area contributed by atoms with Crippen LogP contribution in [0.15, 0.2) is 56.7 Å². The molecule has 4 rings (SSSR count). The van der Waals surface area contributed by atoms with Gasteiger partial charge in [0.25, 0.3) is 0 Å². The van der Waals surface area contributed by atoms with E-state index in [1.54, 1.807) is 0 Å². The minimum atomic E-state index is 0.0495. The highest BCUT2D eigenvalue weighted by Crippen LogP contribution is 2.28. The smallest absolute Gasteiger partial charge is 0.233 e. The van der Waals surface area contributed by atoms with Crippen molar-refractivity contribution < 1.29 is 13.9 Å². The van der Waals surface area contributed by atoms with E-state index in [2.05, 4.69) is 38.3 Å². The molecule has 3 aromatic rings. The van der Waals surface area contributed by atoms with E-state index in [0.29, 0.717) is 46.8 Å². The number of amides is 1. The Morgan fingerprint density at radius 3 is 2.53 bits per heavy atom. The van der Waals surface area contributed by atoms with Gasteiger partial charge in [-0.25, -0.2) is 0 Å². The highest BCUT2D eigenvalue weighted by molar-refractivity contribution is 9.10. The lowest BCUT2D eigenvalue weighted by Gasteiger charge is -2.35. The first-order valence-corrected chi connectivity index (χ1v) is 11.6. The van der Waals surface area contributed by atoms with Crippen LogP contribution in [0, 0.1) is 0 Å². The molecule has 0 bridgehead atoms. The third-order valence-electron chi connectivity index (χ3n) is 4.79. The van der Waals surface area contributed by atoms with Crippen LogP contribution in [0.4, 0.5) is 0 Å². The number of hydrogen-bond donors (Lipinski definition) is 0. The quantitative estimate of drug-likeness (QED) is 0.484. The number of benzene rings is 1. The molecular formula is C21H23BrN4O3S. The Kier molecular flexibility index (Phi) is 6.60. The molecule has 0 saturated carbocycles. The molecule has 0 aliphatic carbocycles. The van der Waals surface area contributed by atoms with Crippen molar-refractivity contribution in [2.75, 3.05) is 18.8 Å². The van der Waals surface area contributed by atoms with Crippen LogP contribution in [0.1, 0.15) is 19.4 Å². The number of morpholine rings is 1. The number of ether oxygens (including phenoxy) is 1. The van der Waals surface area contributed by atoms with E-state index in [4.69, 9.17) is 9.15 Å². The van der Waals surface area contributed by atoms with Crippen molar-refractivity contribution in [3.05, 3.63) is 52.7 Å².